The maximum atomic E-state index is 12.6. The third-order valence-electron chi connectivity index (χ3n) is 5.90. The summed E-state index contributed by atoms with van der Waals surface area (Å²) < 4.78 is 27.7. The molecule has 0 aliphatic carbocycles. The number of nitrogens with zero attached hydrogens (tertiary/aromatic N) is 1. The molecule has 1 amide bonds. The number of rotatable bonds is 7. The molecule has 0 atom stereocenters. The summed E-state index contributed by atoms with van der Waals surface area (Å²) in [4.78, 5) is 15.2. The largest absolute Gasteiger partial charge is 0.372 e. The summed E-state index contributed by atoms with van der Waals surface area (Å²) in [6, 6.07) is 21.5. The molecule has 0 spiro atoms. The highest BCUT2D eigenvalue weighted by molar-refractivity contribution is 7.92. The number of carbonyl (C=O) groups is 1. The lowest BCUT2D eigenvalue weighted by molar-refractivity contribution is 0.0951. The van der Waals surface area contributed by atoms with Gasteiger partial charge in [0.05, 0.1) is 10.6 Å². The van der Waals surface area contributed by atoms with Crippen molar-refractivity contribution in [3.05, 3.63) is 89.5 Å². The van der Waals surface area contributed by atoms with Crippen molar-refractivity contribution in [1.29, 1.82) is 0 Å². The number of benzene rings is 3. The van der Waals surface area contributed by atoms with Gasteiger partial charge in [-0.05, 0) is 79.8 Å². The van der Waals surface area contributed by atoms with E-state index in [4.69, 9.17) is 0 Å². The van der Waals surface area contributed by atoms with E-state index in [-0.39, 0.29) is 10.8 Å². The van der Waals surface area contributed by atoms with E-state index in [1.54, 1.807) is 55.5 Å². The van der Waals surface area contributed by atoms with Gasteiger partial charge in [0.2, 0.25) is 0 Å². The minimum Gasteiger partial charge on any atom is -0.372 e. The van der Waals surface area contributed by atoms with Crippen LogP contribution in [0.2, 0.25) is 0 Å². The van der Waals surface area contributed by atoms with Gasteiger partial charge in [0.15, 0.2) is 0 Å². The fraction of sp³-hybridized carbons (Fsp3) is 0.269. The van der Waals surface area contributed by atoms with Crippen molar-refractivity contribution in [2.75, 3.05) is 22.7 Å². The fourth-order valence-electron chi connectivity index (χ4n) is 3.98. The standard InChI is InChI=1S/C26H29N3O3S/c1-20-18-22(12-15-25(20)28-33(31,32)24-8-4-2-5-9-24)26(30)27-19-21-10-13-23(14-11-21)29-16-6-3-7-17-29/h2,4-5,8-15,18,28H,3,6-7,16-17,19H2,1H3,(H,27,30). The van der Waals surface area contributed by atoms with E-state index in [9.17, 15) is 13.2 Å². The van der Waals surface area contributed by atoms with Crippen LogP contribution >= 0.6 is 0 Å². The van der Waals surface area contributed by atoms with Crippen LogP contribution in [0.5, 0.6) is 0 Å². The molecule has 3 aromatic rings. The van der Waals surface area contributed by atoms with E-state index in [0.717, 1.165) is 18.7 Å². The van der Waals surface area contributed by atoms with Gasteiger partial charge in [-0.15, -0.1) is 0 Å². The highest BCUT2D eigenvalue weighted by atomic mass is 32.2. The van der Waals surface area contributed by atoms with Crippen LogP contribution in [0.3, 0.4) is 0 Å². The summed E-state index contributed by atoms with van der Waals surface area (Å²) in [7, 11) is -3.68. The topological polar surface area (TPSA) is 78.5 Å². The Morgan fingerprint density at radius 1 is 0.909 bits per heavy atom. The predicted octanol–water partition coefficient (Wildman–Crippen LogP) is 4.72. The van der Waals surface area contributed by atoms with Crippen LogP contribution in [0.4, 0.5) is 11.4 Å². The van der Waals surface area contributed by atoms with Gasteiger partial charge in [-0.3, -0.25) is 9.52 Å². The van der Waals surface area contributed by atoms with Crippen LogP contribution in [-0.4, -0.2) is 27.4 Å². The molecule has 33 heavy (non-hydrogen) atoms. The minimum absolute atomic E-state index is 0.192. The van der Waals surface area contributed by atoms with Gasteiger partial charge < -0.3 is 10.2 Å². The van der Waals surface area contributed by atoms with Crippen molar-refractivity contribution in [3.63, 3.8) is 0 Å². The van der Waals surface area contributed by atoms with Gasteiger partial charge in [-0.2, -0.15) is 0 Å². The van der Waals surface area contributed by atoms with Crippen molar-refractivity contribution in [2.24, 2.45) is 0 Å². The Hall–Kier alpha value is -3.32. The first kappa shape index (κ1) is 22.9. The Labute approximate surface area is 195 Å². The summed E-state index contributed by atoms with van der Waals surface area (Å²) in [6.07, 6.45) is 3.79. The summed E-state index contributed by atoms with van der Waals surface area (Å²) in [6.45, 7) is 4.42. The van der Waals surface area contributed by atoms with E-state index >= 15 is 0 Å². The second kappa shape index (κ2) is 10.1. The van der Waals surface area contributed by atoms with Crippen molar-refractivity contribution in [3.8, 4) is 0 Å². The Morgan fingerprint density at radius 3 is 2.27 bits per heavy atom. The average molecular weight is 464 g/mol. The van der Waals surface area contributed by atoms with E-state index < -0.39 is 10.0 Å². The lowest BCUT2D eigenvalue weighted by Crippen LogP contribution is -2.29. The van der Waals surface area contributed by atoms with Gasteiger partial charge in [0.1, 0.15) is 0 Å². The monoisotopic (exact) mass is 463 g/mol. The van der Waals surface area contributed by atoms with E-state index in [1.165, 1.54) is 24.9 Å². The predicted molar refractivity (Wildman–Crippen MR) is 132 cm³/mol. The molecule has 3 aromatic carbocycles. The molecule has 1 aliphatic heterocycles. The van der Waals surface area contributed by atoms with E-state index in [2.05, 4.69) is 39.2 Å². The van der Waals surface area contributed by atoms with Crippen molar-refractivity contribution in [2.45, 2.75) is 37.6 Å². The maximum Gasteiger partial charge on any atom is 0.261 e. The molecule has 0 saturated carbocycles. The van der Waals surface area contributed by atoms with Gasteiger partial charge >= 0.3 is 0 Å². The minimum atomic E-state index is -3.68. The van der Waals surface area contributed by atoms with Crippen LogP contribution in [0.15, 0.2) is 77.7 Å². The summed E-state index contributed by atoms with van der Waals surface area (Å²) in [5.74, 6) is -0.198. The Morgan fingerprint density at radius 2 is 1.61 bits per heavy atom. The Kier molecular flexibility index (Phi) is 6.99. The van der Waals surface area contributed by atoms with E-state index in [0.29, 0.717) is 23.4 Å². The third-order valence-corrected chi connectivity index (χ3v) is 7.28. The molecule has 4 rings (SSSR count). The van der Waals surface area contributed by atoms with Crippen molar-refractivity contribution >= 4 is 27.3 Å². The number of aryl methyl sites for hydroxylation is 1. The molecule has 1 aliphatic rings. The zero-order valence-corrected chi connectivity index (χ0v) is 19.6. The highest BCUT2D eigenvalue weighted by Crippen LogP contribution is 2.22. The number of sulfonamides is 1. The second-order valence-corrected chi connectivity index (χ2v) is 10.0. The second-order valence-electron chi connectivity index (χ2n) is 8.35. The summed E-state index contributed by atoms with van der Waals surface area (Å²) in [5.41, 5.74) is 3.87. The fourth-order valence-corrected chi connectivity index (χ4v) is 5.14. The van der Waals surface area contributed by atoms with Gasteiger partial charge in [-0.25, -0.2) is 8.42 Å². The van der Waals surface area contributed by atoms with Crippen LogP contribution in [0.25, 0.3) is 0 Å². The first-order chi connectivity index (χ1) is 15.9. The highest BCUT2D eigenvalue weighted by Gasteiger charge is 2.16. The Balaban J connectivity index is 1.36. The molecule has 7 heteroatoms. The maximum absolute atomic E-state index is 12.6. The molecule has 0 unspecified atom stereocenters. The number of anilines is 2. The summed E-state index contributed by atoms with van der Waals surface area (Å²) >= 11 is 0. The quantitative estimate of drug-likeness (QED) is 0.532. The number of nitrogens with one attached hydrogen (secondary N) is 2. The molecule has 172 valence electrons. The lowest BCUT2D eigenvalue weighted by Gasteiger charge is -2.28. The SMILES string of the molecule is Cc1cc(C(=O)NCc2ccc(N3CCCCC3)cc2)ccc1NS(=O)(=O)c1ccccc1. The van der Waals surface area contributed by atoms with Crippen LogP contribution in [0.1, 0.15) is 40.7 Å². The summed E-state index contributed by atoms with van der Waals surface area (Å²) in [5, 5.41) is 2.94. The molecule has 1 fully saturated rings. The van der Waals surface area contributed by atoms with Crippen molar-refractivity contribution in [1.82, 2.24) is 5.32 Å². The van der Waals surface area contributed by atoms with Crippen LogP contribution in [0, 0.1) is 6.92 Å². The number of hydrogen-bond donors (Lipinski definition) is 2. The first-order valence-electron chi connectivity index (χ1n) is 11.2. The molecule has 2 N–H and O–H groups in total. The molecule has 1 saturated heterocycles. The lowest BCUT2D eigenvalue weighted by atomic mass is 10.1. The smallest absolute Gasteiger partial charge is 0.261 e. The number of amides is 1. The molecule has 0 radical (unpaired) electrons. The Bertz CT molecular complexity index is 1200. The van der Waals surface area contributed by atoms with Crippen molar-refractivity contribution < 1.29 is 13.2 Å². The van der Waals surface area contributed by atoms with E-state index in [1.807, 2.05) is 0 Å². The zero-order chi connectivity index (χ0) is 23.3. The number of hydrogen-bond acceptors (Lipinski definition) is 4. The van der Waals surface area contributed by atoms with Gasteiger partial charge in [0.25, 0.3) is 15.9 Å². The number of carbonyl (C=O) groups excluding carboxylic acids is 1. The molecule has 1 heterocycles. The van der Waals surface area contributed by atoms with Crippen LogP contribution < -0.4 is 14.9 Å². The average Bonchev–Trinajstić information content (AvgIpc) is 2.85. The molecule has 6 nitrogen and oxygen atoms in total. The van der Waals surface area contributed by atoms with Gasteiger partial charge in [0, 0.05) is 30.9 Å². The third kappa shape index (κ3) is 5.73. The molecular formula is C26H29N3O3S. The number of piperidine rings is 1. The van der Waals surface area contributed by atoms with Crippen LogP contribution in [-0.2, 0) is 16.6 Å². The normalized spacial score (nSPS) is 14.0. The zero-order valence-electron chi connectivity index (χ0n) is 18.8. The first-order valence-corrected chi connectivity index (χ1v) is 12.7. The molecule has 0 aromatic heterocycles. The molecule has 0 bridgehead atoms. The van der Waals surface area contributed by atoms with Gasteiger partial charge in [-0.1, -0.05) is 30.3 Å². The molecular weight excluding hydrogens is 434 g/mol.